The van der Waals surface area contributed by atoms with Crippen LogP contribution in [-0.2, 0) is 9.59 Å². The third-order valence-corrected chi connectivity index (χ3v) is 2.00. The monoisotopic (exact) mass is 205 g/mol. The van der Waals surface area contributed by atoms with Gasteiger partial charge in [-0.05, 0) is 0 Å². The largest absolute Gasteiger partial charge is 0.478 e. The molecule has 6 nitrogen and oxygen atoms in total. The van der Waals surface area contributed by atoms with Gasteiger partial charge in [-0.25, -0.2) is 14.8 Å². The van der Waals surface area contributed by atoms with Crippen molar-refractivity contribution in [2.24, 2.45) is 0 Å². The van der Waals surface area contributed by atoms with Crippen molar-refractivity contribution in [3.8, 4) is 0 Å². The zero-order valence-corrected chi connectivity index (χ0v) is 7.62. The Morgan fingerprint density at radius 2 is 2.07 bits per heavy atom. The summed E-state index contributed by atoms with van der Waals surface area (Å²) in [5.41, 5.74) is 0.544. The molecule has 0 atom stereocenters. The third-order valence-electron chi connectivity index (χ3n) is 2.00. The van der Waals surface area contributed by atoms with E-state index in [4.69, 9.17) is 5.11 Å². The van der Waals surface area contributed by atoms with E-state index in [1.807, 2.05) is 0 Å². The predicted octanol–water partition coefficient (Wildman–Crippen LogP) is 0.182. The fraction of sp³-hybridized carbons (Fsp3) is 0.111. The van der Waals surface area contributed by atoms with Crippen LogP contribution in [0.3, 0.4) is 0 Å². The summed E-state index contributed by atoms with van der Waals surface area (Å²) in [5.74, 6) is -1.37. The molecule has 0 saturated carbocycles. The molecule has 1 aliphatic heterocycles. The number of hydrogen-bond acceptors (Lipinski definition) is 4. The van der Waals surface area contributed by atoms with Gasteiger partial charge in [-0.1, -0.05) is 0 Å². The summed E-state index contributed by atoms with van der Waals surface area (Å²) in [7, 11) is 0. The fourth-order valence-corrected chi connectivity index (χ4v) is 1.29. The zero-order valence-electron chi connectivity index (χ0n) is 7.62. The first kappa shape index (κ1) is 9.32. The molecule has 0 aliphatic carbocycles. The van der Waals surface area contributed by atoms with Gasteiger partial charge in [0.2, 0.25) is 5.91 Å². The van der Waals surface area contributed by atoms with E-state index < -0.39 is 5.97 Å². The Labute approximate surface area is 84.9 Å². The zero-order chi connectivity index (χ0) is 10.8. The van der Waals surface area contributed by atoms with Crippen LogP contribution >= 0.6 is 0 Å². The lowest BCUT2D eigenvalue weighted by Gasteiger charge is -2.10. The highest BCUT2D eigenvalue weighted by Gasteiger charge is 2.26. The Hall–Kier alpha value is -2.24. The molecule has 15 heavy (non-hydrogen) atoms. The van der Waals surface area contributed by atoms with Crippen molar-refractivity contribution in [1.82, 2.24) is 9.97 Å². The number of rotatable bonds is 2. The molecule has 76 valence electrons. The summed E-state index contributed by atoms with van der Waals surface area (Å²) in [4.78, 5) is 30.8. The van der Waals surface area contributed by atoms with Crippen LogP contribution in [0.5, 0.6) is 0 Å². The second kappa shape index (κ2) is 3.49. The van der Waals surface area contributed by atoms with Crippen LogP contribution in [-0.4, -0.2) is 27.0 Å². The molecule has 0 unspecified atom stereocenters. The standard InChI is InChI=1S/C9H7N3O3/c13-8-1-6(9(14)15)4-12(8)7-2-10-5-11-3-7/h2-5H,1H2,(H,14,15). The number of amides is 1. The molecule has 0 aromatic carbocycles. The van der Waals surface area contributed by atoms with Crippen LogP contribution in [0.2, 0.25) is 0 Å². The third kappa shape index (κ3) is 1.69. The van der Waals surface area contributed by atoms with Crippen molar-refractivity contribution in [2.75, 3.05) is 4.90 Å². The number of aliphatic carboxylic acids is 1. The van der Waals surface area contributed by atoms with Gasteiger partial charge in [0.15, 0.2) is 0 Å². The molecule has 1 amide bonds. The number of carbonyl (C=O) groups is 2. The maximum Gasteiger partial charge on any atom is 0.333 e. The van der Waals surface area contributed by atoms with E-state index in [1.165, 1.54) is 29.8 Å². The van der Waals surface area contributed by atoms with Crippen molar-refractivity contribution in [3.63, 3.8) is 0 Å². The molecule has 0 spiro atoms. The molecular weight excluding hydrogens is 198 g/mol. The van der Waals surface area contributed by atoms with Crippen LogP contribution in [0.1, 0.15) is 6.42 Å². The summed E-state index contributed by atoms with van der Waals surface area (Å²) in [6, 6.07) is 0. The number of carboxylic acid groups (broad SMARTS) is 1. The van der Waals surface area contributed by atoms with Gasteiger partial charge in [-0.2, -0.15) is 0 Å². The first-order chi connectivity index (χ1) is 7.18. The van der Waals surface area contributed by atoms with E-state index in [2.05, 4.69) is 9.97 Å². The van der Waals surface area contributed by atoms with Crippen LogP contribution in [0, 0.1) is 0 Å². The Bertz CT molecular complexity index is 441. The molecule has 1 aromatic rings. The number of anilines is 1. The molecule has 0 bridgehead atoms. The maximum atomic E-state index is 11.4. The predicted molar refractivity (Wildman–Crippen MR) is 49.9 cm³/mol. The Balaban J connectivity index is 2.32. The number of nitrogens with zero attached hydrogens (tertiary/aromatic N) is 3. The molecule has 1 N–H and O–H groups in total. The van der Waals surface area contributed by atoms with Crippen molar-refractivity contribution < 1.29 is 14.7 Å². The number of carboxylic acids is 1. The first-order valence-electron chi connectivity index (χ1n) is 4.19. The topological polar surface area (TPSA) is 83.4 Å². The van der Waals surface area contributed by atoms with Crippen molar-refractivity contribution in [3.05, 3.63) is 30.5 Å². The van der Waals surface area contributed by atoms with Crippen LogP contribution < -0.4 is 4.90 Å². The average Bonchev–Trinajstić information content (AvgIpc) is 2.62. The van der Waals surface area contributed by atoms with E-state index >= 15 is 0 Å². The highest BCUT2D eigenvalue weighted by Crippen LogP contribution is 2.22. The highest BCUT2D eigenvalue weighted by atomic mass is 16.4. The smallest absolute Gasteiger partial charge is 0.333 e. The molecule has 0 radical (unpaired) electrons. The van der Waals surface area contributed by atoms with Crippen molar-refractivity contribution >= 4 is 17.6 Å². The molecule has 2 heterocycles. The van der Waals surface area contributed by atoms with Gasteiger partial charge >= 0.3 is 5.97 Å². The molecular formula is C9H7N3O3. The lowest BCUT2D eigenvalue weighted by Crippen LogP contribution is -2.19. The van der Waals surface area contributed by atoms with Crippen LogP contribution in [0.25, 0.3) is 0 Å². The summed E-state index contributed by atoms with van der Waals surface area (Å²) >= 11 is 0. The normalized spacial score (nSPS) is 15.3. The molecule has 0 saturated heterocycles. The number of hydrogen-bond donors (Lipinski definition) is 1. The minimum absolute atomic E-state index is 0.0730. The Kier molecular flexibility index (Phi) is 2.17. The van der Waals surface area contributed by atoms with Gasteiger partial charge in [0, 0.05) is 6.20 Å². The number of aromatic nitrogens is 2. The number of carbonyl (C=O) groups excluding carboxylic acids is 1. The van der Waals surface area contributed by atoms with E-state index in [1.54, 1.807) is 0 Å². The van der Waals surface area contributed by atoms with Gasteiger partial charge in [-0.3, -0.25) is 9.69 Å². The van der Waals surface area contributed by atoms with Crippen molar-refractivity contribution in [2.45, 2.75) is 6.42 Å². The second-order valence-electron chi connectivity index (χ2n) is 3.00. The van der Waals surface area contributed by atoms with Gasteiger partial charge < -0.3 is 5.11 Å². The van der Waals surface area contributed by atoms with Crippen molar-refractivity contribution in [1.29, 1.82) is 0 Å². The summed E-state index contributed by atoms with van der Waals surface area (Å²) < 4.78 is 0. The van der Waals surface area contributed by atoms with Gasteiger partial charge in [0.1, 0.15) is 6.33 Å². The van der Waals surface area contributed by atoms with Gasteiger partial charge in [-0.15, -0.1) is 0 Å². The average molecular weight is 205 g/mol. The second-order valence-corrected chi connectivity index (χ2v) is 3.00. The Morgan fingerprint density at radius 3 is 2.60 bits per heavy atom. The highest BCUT2D eigenvalue weighted by molar-refractivity contribution is 6.06. The molecule has 6 heteroatoms. The molecule has 0 fully saturated rings. The maximum absolute atomic E-state index is 11.4. The summed E-state index contributed by atoms with van der Waals surface area (Å²) in [6.07, 6.45) is 5.44. The SMILES string of the molecule is O=C(O)C1=CN(c2cncnc2)C(=O)C1. The van der Waals surface area contributed by atoms with Gasteiger partial charge in [0.05, 0.1) is 30.1 Å². The van der Waals surface area contributed by atoms with Crippen LogP contribution in [0.15, 0.2) is 30.5 Å². The van der Waals surface area contributed by atoms with E-state index in [-0.39, 0.29) is 17.9 Å². The minimum atomic E-state index is -1.08. The minimum Gasteiger partial charge on any atom is -0.478 e. The molecule has 1 aliphatic rings. The van der Waals surface area contributed by atoms with Crippen LogP contribution in [0.4, 0.5) is 5.69 Å². The van der Waals surface area contributed by atoms with E-state index in [0.717, 1.165) is 0 Å². The fourth-order valence-electron chi connectivity index (χ4n) is 1.29. The Morgan fingerprint density at radius 1 is 1.40 bits per heavy atom. The van der Waals surface area contributed by atoms with Gasteiger partial charge in [0.25, 0.3) is 0 Å². The van der Waals surface area contributed by atoms with E-state index in [9.17, 15) is 9.59 Å². The lowest BCUT2D eigenvalue weighted by molar-refractivity contribution is -0.133. The summed E-state index contributed by atoms with van der Waals surface area (Å²) in [5, 5.41) is 8.72. The first-order valence-corrected chi connectivity index (χ1v) is 4.19. The molecule has 2 rings (SSSR count). The lowest BCUT2D eigenvalue weighted by atomic mass is 10.2. The molecule has 1 aromatic heterocycles. The van der Waals surface area contributed by atoms with E-state index in [0.29, 0.717) is 5.69 Å². The summed E-state index contributed by atoms with van der Waals surface area (Å²) in [6.45, 7) is 0. The quantitative estimate of drug-likeness (QED) is 0.744.